The van der Waals surface area contributed by atoms with Crippen molar-refractivity contribution in [3.63, 3.8) is 0 Å². The van der Waals surface area contributed by atoms with Gasteiger partial charge in [0.25, 0.3) is 0 Å². The minimum atomic E-state index is -3.73. The Balaban J connectivity index is 1.19. The summed E-state index contributed by atoms with van der Waals surface area (Å²) in [6, 6.07) is 19.7. The molecule has 5 rings (SSSR count). The first-order chi connectivity index (χ1) is 18.3. The zero-order chi connectivity index (χ0) is 26.8. The van der Waals surface area contributed by atoms with Gasteiger partial charge in [0.15, 0.2) is 0 Å². The van der Waals surface area contributed by atoms with Crippen molar-refractivity contribution in [2.24, 2.45) is 0 Å². The van der Waals surface area contributed by atoms with Crippen molar-refractivity contribution in [1.82, 2.24) is 9.21 Å². The molecule has 2 saturated heterocycles. The second kappa shape index (κ2) is 11.3. The van der Waals surface area contributed by atoms with Crippen LogP contribution in [0.15, 0.2) is 71.6 Å². The number of ether oxygens (including phenoxy) is 1. The lowest BCUT2D eigenvalue weighted by Crippen LogP contribution is -2.48. The van der Waals surface area contributed by atoms with E-state index in [2.05, 4.69) is 0 Å². The quantitative estimate of drug-likeness (QED) is 0.461. The monoisotopic (exact) mass is 556 g/mol. The maximum atomic E-state index is 13.7. The van der Waals surface area contributed by atoms with Crippen LogP contribution in [0, 0.1) is 0 Å². The number of sulfonamides is 1. The maximum absolute atomic E-state index is 13.7. The third-order valence-corrected chi connectivity index (χ3v) is 10.0. The van der Waals surface area contributed by atoms with Crippen molar-refractivity contribution < 1.29 is 23.1 Å². The standard InChI is InChI=1S/C29H33ClN2O5S/c30-24-13-11-23(12-14-24)29(34)15-18-31(19-16-29)28(33)21-37-20-25-8-3-4-17-32(25)38(35,36)27-10-5-7-22-6-1-2-9-26(22)27/h1-2,5-7,9-14,25,34H,3-4,8,15-21H2. The van der Waals surface area contributed by atoms with Crippen molar-refractivity contribution in [2.75, 3.05) is 32.8 Å². The molecule has 0 aromatic heterocycles. The predicted molar refractivity (Wildman–Crippen MR) is 147 cm³/mol. The van der Waals surface area contributed by atoms with E-state index in [1.807, 2.05) is 42.5 Å². The number of halogens is 1. The molecule has 202 valence electrons. The lowest BCUT2D eigenvalue weighted by atomic mass is 9.84. The second-order valence-corrected chi connectivity index (χ2v) is 12.5. The van der Waals surface area contributed by atoms with E-state index in [9.17, 15) is 18.3 Å². The Kier molecular flexibility index (Phi) is 8.07. The molecule has 7 nitrogen and oxygen atoms in total. The number of benzene rings is 3. The number of hydrogen-bond donors (Lipinski definition) is 1. The van der Waals surface area contributed by atoms with Crippen LogP contribution in [0.25, 0.3) is 10.8 Å². The molecule has 2 heterocycles. The summed E-state index contributed by atoms with van der Waals surface area (Å²) in [5, 5.41) is 13.3. The molecule has 0 radical (unpaired) electrons. The number of carbonyl (C=O) groups excluding carboxylic acids is 1. The second-order valence-electron chi connectivity index (χ2n) is 10.2. The van der Waals surface area contributed by atoms with Gasteiger partial charge in [0.1, 0.15) is 6.61 Å². The van der Waals surface area contributed by atoms with E-state index >= 15 is 0 Å². The Morgan fingerprint density at radius 1 is 0.974 bits per heavy atom. The molecular weight excluding hydrogens is 524 g/mol. The first kappa shape index (κ1) is 27.1. The minimum Gasteiger partial charge on any atom is -0.385 e. The summed E-state index contributed by atoms with van der Waals surface area (Å²) >= 11 is 5.97. The van der Waals surface area contributed by atoms with Gasteiger partial charge in [-0.25, -0.2) is 8.42 Å². The summed E-state index contributed by atoms with van der Waals surface area (Å²) in [5.41, 5.74) is -0.184. The van der Waals surface area contributed by atoms with Gasteiger partial charge in [-0.2, -0.15) is 4.31 Å². The van der Waals surface area contributed by atoms with Crippen LogP contribution in [0.2, 0.25) is 5.02 Å². The van der Waals surface area contributed by atoms with E-state index in [4.69, 9.17) is 16.3 Å². The third kappa shape index (κ3) is 5.60. The largest absolute Gasteiger partial charge is 0.385 e. The van der Waals surface area contributed by atoms with Gasteiger partial charge in [0.05, 0.1) is 17.1 Å². The lowest BCUT2D eigenvalue weighted by molar-refractivity contribution is -0.141. The van der Waals surface area contributed by atoms with Crippen molar-refractivity contribution in [2.45, 2.75) is 48.6 Å². The van der Waals surface area contributed by atoms with E-state index in [1.165, 1.54) is 0 Å². The van der Waals surface area contributed by atoms with Crippen molar-refractivity contribution >= 4 is 38.3 Å². The van der Waals surface area contributed by atoms with Crippen LogP contribution in [0.3, 0.4) is 0 Å². The van der Waals surface area contributed by atoms with E-state index in [-0.39, 0.29) is 25.2 Å². The third-order valence-electron chi connectivity index (χ3n) is 7.77. The Morgan fingerprint density at radius 3 is 2.45 bits per heavy atom. The topological polar surface area (TPSA) is 87.2 Å². The van der Waals surface area contributed by atoms with Gasteiger partial charge in [0, 0.05) is 36.1 Å². The molecule has 1 N–H and O–H groups in total. The molecular formula is C29H33ClN2O5S. The zero-order valence-corrected chi connectivity index (χ0v) is 22.8. The molecule has 1 unspecified atom stereocenters. The number of likely N-dealkylation sites (tertiary alicyclic amines) is 1. The number of fused-ring (bicyclic) bond motifs is 1. The number of rotatable bonds is 7. The molecule has 0 saturated carbocycles. The van der Waals surface area contributed by atoms with Crippen LogP contribution in [0.5, 0.6) is 0 Å². The maximum Gasteiger partial charge on any atom is 0.248 e. The Labute approximate surface area is 229 Å². The summed E-state index contributed by atoms with van der Waals surface area (Å²) in [6.07, 6.45) is 3.26. The average molecular weight is 557 g/mol. The van der Waals surface area contributed by atoms with Crippen LogP contribution in [0.4, 0.5) is 0 Å². The lowest BCUT2D eigenvalue weighted by Gasteiger charge is -2.38. The molecule has 2 fully saturated rings. The highest BCUT2D eigenvalue weighted by Crippen LogP contribution is 2.34. The highest BCUT2D eigenvalue weighted by Gasteiger charge is 2.37. The molecule has 2 aliphatic rings. The fourth-order valence-corrected chi connectivity index (χ4v) is 7.57. The summed E-state index contributed by atoms with van der Waals surface area (Å²) in [5.74, 6) is -0.151. The molecule has 3 aromatic rings. The zero-order valence-electron chi connectivity index (χ0n) is 21.3. The average Bonchev–Trinajstić information content (AvgIpc) is 2.93. The molecule has 0 spiro atoms. The molecule has 1 amide bonds. The molecule has 1 atom stereocenters. The van der Waals surface area contributed by atoms with Crippen LogP contribution >= 0.6 is 11.6 Å². The molecule has 9 heteroatoms. The molecule has 38 heavy (non-hydrogen) atoms. The van der Waals surface area contributed by atoms with Gasteiger partial charge in [-0.15, -0.1) is 0 Å². The fourth-order valence-electron chi connectivity index (χ4n) is 5.55. The summed E-state index contributed by atoms with van der Waals surface area (Å²) in [7, 11) is -3.73. The van der Waals surface area contributed by atoms with Crippen LogP contribution < -0.4 is 0 Å². The number of nitrogens with zero attached hydrogens (tertiary/aromatic N) is 2. The summed E-state index contributed by atoms with van der Waals surface area (Å²) in [4.78, 5) is 14.9. The van der Waals surface area contributed by atoms with Crippen molar-refractivity contribution in [3.05, 3.63) is 77.3 Å². The van der Waals surface area contributed by atoms with E-state index in [0.717, 1.165) is 23.8 Å². The van der Waals surface area contributed by atoms with E-state index in [1.54, 1.807) is 33.5 Å². The Morgan fingerprint density at radius 2 is 1.68 bits per heavy atom. The van der Waals surface area contributed by atoms with E-state index < -0.39 is 15.6 Å². The SMILES string of the molecule is O=C(COCC1CCCCN1S(=O)(=O)c1cccc2ccccc12)N1CCC(O)(c2ccc(Cl)cc2)CC1. The van der Waals surface area contributed by atoms with Crippen LogP contribution in [-0.4, -0.2) is 67.5 Å². The summed E-state index contributed by atoms with van der Waals surface area (Å²) < 4.78 is 34.8. The highest BCUT2D eigenvalue weighted by atomic mass is 35.5. The van der Waals surface area contributed by atoms with Gasteiger partial charge < -0.3 is 14.7 Å². The first-order valence-corrected chi connectivity index (χ1v) is 14.9. The predicted octanol–water partition coefficient (Wildman–Crippen LogP) is 4.56. The molecule has 0 aliphatic carbocycles. The molecule has 3 aromatic carbocycles. The normalized spacial score (nSPS) is 20.5. The van der Waals surface area contributed by atoms with Gasteiger partial charge in [-0.05, 0) is 54.8 Å². The number of hydrogen-bond acceptors (Lipinski definition) is 5. The van der Waals surface area contributed by atoms with E-state index in [0.29, 0.717) is 54.2 Å². The van der Waals surface area contributed by atoms with Gasteiger partial charge >= 0.3 is 0 Å². The van der Waals surface area contributed by atoms with Crippen molar-refractivity contribution in [3.8, 4) is 0 Å². The van der Waals surface area contributed by atoms with Gasteiger partial charge in [-0.1, -0.05) is 66.6 Å². The Hall–Kier alpha value is -2.49. The number of piperidine rings is 2. The molecule has 2 aliphatic heterocycles. The first-order valence-electron chi connectivity index (χ1n) is 13.1. The highest BCUT2D eigenvalue weighted by molar-refractivity contribution is 7.89. The van der Waals surface area contributed by atoms with Gasteiger partial charge in [0.2, 0.25) is 15.9 Å². The smallest absolute Gasteiger partial charge is 0.248 e. The number of carbonyl (C=O) groups is 1. The Bertz CT molecular complexity index is 1380. The van der Waals surface area contributed by atoms with Crippen LogP contribution in [0.1, 0.15) is 37.7 Å². The number of amides is 1. The summed E-state index contributed by atoms with van der Waals surface area (Å²) in [6.45, 7) is 1.33. The molecule has 0 bridgehead atoms. The fraction of sp³-hybridized carbons (Fsp3) is 0.414. The van der Waals surface area contributed by atoms with Crippen LogP contribution in [-0.2, 0) is 25.2 Å². The number of aliphatic hydroxyl groups is 1. The minimum absolute atomic E-state index is 0.113. The van der Waals surface area contributed by atoms with Crippen molar-refractivity contribution in [1.29, 1.82) is 0 Å². The van der Waals surface area contributed by atoms with Gasteiger partial charge in [-0.3, -0.25) is 4.79 Å².